The van der Waals surface area contributed by atoms with Gasteiger partial charge in [-0.3, -0.25) is 9.59 Å². The van der Waals surface area contributed by atoms with Crippen LogP contribution in [0.3, 0.4) is 0 Å². The Labute approximate surface area is 170 Å². The summed E-state index contributed by atoms with van der Waals surface area (Å²) in [4.78, 5) is 27.2. The van der Waals surface area contributed by atoms with Gasteiger partial charge in [0, 0.05) is 37.7 Å². The molecule has 0 unspecified atom stereocenters. The lowest BCUT2D eigenvalue weighted by Gasteiger charge is -2.34. The van der Waals surface area contributed by atoms with E-state index >= 15 is 0 Å². The number of rotatable bonds is 7. The first kappa shape index (κ1) is 19.6. The van der Waals surface area contributed by atoms with Gasteiger partial charge in [-0.25, -0.2) is 0 Å². The summed E-state index contributed by atoms with van der Waals surface area (Å²) in [5.74, 6) is 0.937. The van der Waals surface area contributed by atoms with Crippen LogP contribution in [-0.4, -0.2) is 47.5 Å². The van der Waals surface area contributed by atoms with Gasteiger partial charge in [0.1, 0.15) is 5.76 Å². The lowest BCUT2D eigenvalue weighted by Crippen LogP contribution is -2.49. The molecular formula is C22H28N4O3. The number of hydrogen-bond acceptors (Lipinski definition) is 5. The van der Waals surface area contributed by atoms with Crippen LogP contribution in [0.4, 0.5) is 0 Å². The number of piperidine rings is 1. The molecule has 0 spiro atoms. The smallest absolute Gasteiger partial charge is 0.273 e. The van der Waals surface area contributed by atoms with E-state index in [2.05, 4.69) is 10.5 Å². The third-order valence-corrected chi connectivity index (χ3v) is 5.84. The lowest BCUT2D eigenvalue weighted by atomic mass is 9.96. The first-order chi connectivity index (χ1) is 14.1. The maximum Gasteiger partial charge on any atom is 0.273 e. The zero-order chi connectivity index (χ0) is 20.2. The van der Waals surface area contributed by atoms with Crippen molar-refractivity contribution >= 4 is 11.8 Å². The standard InChI is InChI=1S/C22H28N4O3/c23-14-17(12-15-4-2-1-3-5-15)22(28)26-10-8-18(9-11-26)24-21(27)19-13-20(29-25-19)16-6-7-16/h1-5,13,16-18H,6-12,14,23H2,(H,24,27)/t17-/m1/s1. The van der Waals surface area contributed by atoms with Gasteiger partial charge < -0.3 is 20.5 Å². The Morgan fingerprint density at radius 2 is 1.90 bits per heavy atom. The van der Waals surface area contributed by atoms with Gasteiger partial charge in [0.2, 0.25) is 5.91 Å². The molecule has 1 atom stereocenters. The molecule has 29 heavy (non-hydrogen) atoms. The minimum Gasteiger partial charge on any atom is -0.360 e. The highest BCUT2D eigenvalue weighted by molar-refractivity contribution is 5.92. The van der Waals surface area contributed by atoms with Crippen LogP contribution >= 0.6 is 0 Å². The van der Waals surface area contributed by atoms with Crippen molar-refractivity contribution in [2.45, 2.75) is 44.1 Å². The van der Waals surface area contributed by atoms with Crippen LogP contribution in [0.5, 0.6) is 0 Å². The van der Waals surface area contributed by atoms with Crippen molar-refractivity contribution < 1.29 is 14.1 Å². The second-order valence-electron chi connectivity index (χ2n) is 8.08. The number of carbonyl (C=O) groups excluding carboxylic acids is 2. The number of nitrogens with two attached hydrogens (primary N) is 1. The highest BCUT2D eigenvalue weighted by Gasteiger charge is 2.31. The molecule has 0 bridgehead atoms. The molecule has 1 aromatic carbocycles. The van der Waals surface area contributed by atoms with Crippen LogP contribution in [0.15, 0.2) is 40.9 Å². The minimum atomic E-state index is -0.209. The summed E-state index contributed by atoms with van der Waals surface area (Å²) >= 11 is 0. The third-order valence-electron chi connectivity index (χ3n) is 5.84. The van der Waals surface area contributed by atoms with E-state index in [9.17, 15) is 9.59 Å². The monoisotopic (exact) mass is 396 g/mol. The number of nitrogens with one attached hydrogen (secondary N) is 1. The van der Waals surface area contributed by atoms with Crippen molar-refractivity contribution in [1.29, 1.82) is 0 Å². The van der Waals surface area contributed by atoms with E-state index in [1.807, 2.05) is 35.2 Å². The Balaban J connectivity index is 1.26. The number of amides is 2. The maximum atomic E-state index is 12.9. The summed E-state index contributed by atoms with van der Waals surface area (Å²) in [6.07, 6.45) is 4.33. The largest absolute Gasteiger partial charge is 0.360 e. The van der Waals surface area contributed by atoms with Crippen LogP contribution in [0.2, 0.25) is 0 Å². The van der Waals surface area contributed by atoms with Gasteiger partial charge >= 0.3 is 0 Å². The Hall–Kier alpha value is -2.67. The van der Waals surface area contributed by atoms with E-state index in [1.54, 1.807) is 6.07 Å². The molecule has 1 saturated carbocycles. The predicted molar refractivity (Wildman–Crippen MR) is 108 cm³/mol. The van der Waals surface area contributed by atoms with Crippen molar-refractivity contribution in [1.82, 2.24) is 15.4 Å². The number of carbonyl (C=O) groups is 2. The van der Waals surface area contributed by atoms with Gasteiger partial charge in [-0.1, -0.05) is 35.5 Å². The molecule has 1 saturated heterocycles. The number of hydrogen-bond donors (Lipinski definition) is 2. The van der Waals surface area contributed by atoms with Gasteiger partial charge in [-0.15, -0.1) is 0 Å². The average molecular weight is 396 g/mol. The van der Waals surface area contributed by atoms with Gasteiger partial charge in [-0.2, -0.15) is 0 Å². The summed E-state index contributed by atoms with van der Waals surface area (Å²) in [7, 11) is 0. The fourth-order valence-electron chi connectivity index (χ4n) is 3.89. The van der Waals surface area contributed by atoms with Gasteiger partial charge in [0.15, 0.2) is 5.69 Å². The molecule has 7 nitrogen and oxygen atoms in total. The fourth-order valence-corrected chi connectivity index (χ4v) is 3.89. The second-order valence-corrected chi connectivity index (χ2v) is 8.08. The van der Waals surface area contributed by atoms with Crippen molar-refractivity contribution in [2.24, 2.45) is 11.7 Å². The Morgan fingerprint density at radius 3 is 2.55 bits per heavy atom. The molecular weight excluding hydrogens is 368 g/mol. The molecule has 1 aromatic heterocycles. The molecule has 4 rings (SSSR count). The molecule has 2 fully saturated rings. The van der Waals surface area contributed by atoms with Crippen LogP contribution < -0.4 is 11.1 Å². The number of benzene rings is 1. The van der Waals surface area contributed by atoms with E-state index in [4.69, 9.17) is 10.3 Å². The van der Waals surface area contributed by atoms with E-state index in [1.165, 1.54) is 0 Å². The summed E-state index contributed by atoms with van der Waals surface area (Å²) in [5.41, 5.74) is 7.36. The molecule has 2 aliphatic rings. The first-order valence-corrected chi connectivity index (χ1v) is 10.4. The van der Waals surface area contributed by atoms with E-state index in [0.717, 1.165) is 37.0 Å². The minimum absolute atomic E-state index is 0.0399. The summed E-state index contributed by atoms with van der Waals surface area (Å²) in [6, 6.07) is 11.8. The van der Waals surface area contributed by atoms with Crippen LogP contribution in [0.25, 0.3) is 0 Å². The summed E-state index contributed by atoms with van der Waals surface area (Å²) < 4.78 is 5.26. The maximum absolute atomic E-state index is 12.9. The van der Waals surface area contributed by atoms with Gasteiger partial charge in [-0.05, 0) is 37.7 Å². The van der Waals surface area contributed by atoms with Gasteiger partial charge in [0.25, 0.3) is 5.91 Å². The quantitative estimate of drug-likeness (QED) is 0.746. The van der Waals surface area contributed by atoms with Crippen molar-refractivity contribution in [3.8, 4) is 0 Å². The van der Waals surface area contributed by atoms with E-state index < -0.39 is 0 Å². The highest BCUT2D eigenvalue weighted by atomic mass is 16.5. The highest BCUT2D eigenvalue weighted by Crippen LogP contribution is 2.40. The molecule has 0 radical (unpaired) electrons. The topological polar surface area (TPSA) is 101 Å². The molecule has 1 aliphatic carbocycles. The molecule has 3 N–H and O–H groups in total. The first-order valence-electron chi connectivity index (χ1n) is 10.4. The lowest BCUT2D eigenvalue weighted by molar-refractivity contribution is -0.136. The number of likely N-dealkylation sites (tertiary alicyclic amines) is 1. The normalized spacial score (nSPS) is 18.4. The molecule has 7 heteroatoms. The predicted octanol–water partition coefficient (Wildman–Crippen LogP) is 2.09. The number of nitrogens with zero attached hydrogens (tertiary/aromatic N) is 2. The average Bonchev–Trinajstić information content (AvgIpc) is 3.49. The Kier molecular flexibility index (Phi) is 5.94. The Bertz CT molecular complexity index is 839. The van der Waals surface area contributed by atoms with Crippen LogP contribution in [0.1, 0.15) is 53.4 Å². The molecule has 2 aromatic rings. The Morgan fingerprint density at radius 1 is 1.17 bits per heavy atom. The molecule has 1 aliphatic heterocycles. The van der Waals surface area contributed by atoms with Crippen molar-refractivity contribution in [2.75, 3.05) is 19.6 Å². The summed E-state index contributed by atoms with van der Waals surface area (Å²) in [6.45, 7) is 1.59. The van der Waals surface area contributed by atoms with Crippen molar-refractivity contribution in [3.63, 3.8) is 0 Å². The zero-order valence-corrected chi connectivity index (χ0v) is 16.5. The van der Waals surface area contributed by atoms with E-state index in [-0.39, 0.29) is 23.8 Å². The molecule has 2 amide bonds. The third kappa shape index (κ3) is 4.85. The SMILES string of the molecule is NC[C@@H](Cc1ccccc1)C(=O)N1CCC(NC(=O)c2cc(C3CC3)on2)CC1. The molecule has 2 heterocycles. The van der Waals surface area contributed by atoms with Gasteiger partial charge in [0.05, 0.1) is 5.92 Å². The molecule has 154 valence electrons. The second kappa shape index (κ2) is 8.78. The fraction of sp³-hybridized carbons (Fsp3) is 0.500. The van der Waals surface area contributed by atoms with Crippen molar-refractivity contribution in [3.05, 3.63) is 53.4 Å². The van der Waals surface area contributed by atoms with Crippen LogP contribution in [-0.2, 0) is 11.2 Å². The van der Waals surface area contributed by atoms with Crippen LogP contribution in [0, 0.1) is 5.92 Å². The van der Waals surface area contributed by atoms with E-state index in [0.29, 0.717) is 37.7 Å². The number of aromatic nitrogens is 1. The summed E-state index contributed by atoms with van der Waals surface area (Å²) in [5, 5.41) is 6.92. The zero-order valence-electron chi connectivity index (χ0n) is 16.5.